The molecule has 8 heteroatoms. The second kappa shape index (κ2) is 8.08. The maximum Gasteiger partial charge on any atom is 0.243 e. The van der Waals surface area contributed by atoms with E-state index in [2.05, 4.69) is 34.3 Å². The SMILES string of the molecule is COc1ccc(-c2n[nH]c(=S)n2CC(=O)N2CCN(C)c3ccccc3C2)cc1. The minimum atomic E-state index is 0.0161. The molecule has 1 amide bonds. The van der Waals surface area contributed by atoms with Crippen LogP contribution in [0, 0.1) is 4.77 Å². The highest BCUT2D eigenvalue weighted by Gasteiger charge is 2.22. The summed E-state index contributed by atoms with van der Waals surface area (Å²) in [5.41, 5.74) is 3.18. The number of aromatic amines is 1. The number of aromatic nitrogens is 3. The number of methoxy groups -OCH3 is 1. The molecule has 0 saturated carbocycles. The monoisotopic (exact) mass is 409 g/mol. The fourth-order valence-corrected chi connectivity index (χ4v) is 3.76. The predicted molar refractivity (Wildman–Crippen MR) is 115 cm³/mol. The zero-order valence-electron chi connectivity index (χ0n) is 16.5. The zero-order chi connectivity index (χ0) is 20.4. The summed E-state index contributed by atoms with van der Waals surface area (Å²) in [6.07, 6.45) is 0. The van der Waals surface area contributed by atoms with Crippen LogP contribution in [0.3, 0.4) is 0 Å². The van der Waals surface area contributed by atoms with E-state index < -0.39 is 0 Å². The first kappa shape index (κ1) is 19.2. The van der Waals surface area contributed by atoms with Crippen molar-refractivity contribution in [2.45, 2.75) is 13.1 Å². The number of carbonyl (C=O) groups is 1. The normalized spacial score (nSPS) is 13.7. The maximum atomic E-state index is 13.1. The fourth-order valence-electron chi connectivity index (χ4n) is 3.57. The lowest BCUT2D eigenvalue weighted by Gasteiger charge is -2.21. The lowest BCUT2D eigenvalue weighted by molar-refractivity contribution is -0.132. The average molecular weight is 410 g/mol. The molecule has 0 atom stereocenters. The molecule has 1 aromatic heterocycles. The molecule has 0 unspecified atom stereocenters. The molecule has 0 bridgehead atoms. The van der Waals surface area contributed by atoms with Crippen molar-refractivity contribution in [3.63, 3.8) is 0 Å². The van der Waals surface area contributed by atoms with Gasteiger partial charge in [0.1, 0.15) is 12.3 Å². The Bertz CT molecular complexity index is 1070. The minimum absolute atomic E-state index is 0.0161. The molecule has 0 radical (unpaired) electrons. The summed E-state index contributed by atoms with van der Waals surface area (Å²) >= 11 is 5.39. The van der Waals surface area contributed by atoms with Crippen LogP contribution in [0.15, 0.2) is 48.5 Å². The molecule has 2 aromatic carbocycles. The summed E-state index contributed by atoms with van der Waals surface area (Å²) in [7, 11) is 3.68. The molecule has 3 aromatic rings. The average Bonchev–Trinajstić information content (AvgIpc) is 3.01. The number of nitrogens with one attached hydrogen (secondary N) is 1. The van der Waals surface area contributed by atoms with E-state index in [1.54, 1.807) is 11.7 Å². The van der Waals surface area contributed by atoms with Gasteiger partial charge >= 0.3 is 0 Å². The van der Waals surface area contributed by atoms with Gasteiger partial charge in [-0.3, -0.25) is 14.5 Å². The predicted octanol–water partition coefficient (Wildman–Crippen LogP) is 3.09. The van der Waals surface area contributed by atoms with Crippen LogP contribution >= 0.6 is 12.2 Å². The number of carbonyl (C=O) groups excluding carboxylic acids is 1. The molecule has 0 saturated heterocycles. The van der Waals surface area contributed by atoms with Gasteiger partial charge in [-0.15, -0.1) is 0 Å². The Morgan fingerprint density at radius 2 is 1.93 bits per heavy atom. The van der Waals surface area contributed by atoms with Gasteiger partial charge in [-0.2, -0.15) is 5.10 Å². The van der Waals surface area contributed by atoms with Crippen molar-refractivity contribution in [1.82, 2.24) is 19.7 Å². The lowest BCUT2D eigenvalue weighted by Crippen LogP contribution is -2.36. The van der Waals surface area contributed by atoms with Crippen LogP contribution < -0.4 is 9.64 Å². The molecule has 0 fully saturated rings. The third-order valence-electron chi connectivity index (χ3n) is 5.22. The number of para-hydroxylation sites is 1. The second-order valence-corrected chi connectivity index (χ2v) is 7.42. The molecule has 1 aliphatic heterocycles. The maximum absolute atomic E-state index is 13.1. The van der Waals surface area contributed by atoms with E-state index in [1.165, 1.54) is 5.69 Å². The minimum Gasteiger partial charge on any atom is -0.497 e. The summed E-state index contributed by atoms with van der Waals surface area (Å²) in [5.74, 6) is 1.42. The summed E-state index contributed by atoms with van der Waals surface area (Å²) in [4.78, 5) is 17.2. The Morgan fingerprint density at radius 3 is 2.69 bits per heavy atom. The molecule has 1 aliphatic rings. The van der Waals surface area contributed by atoms with Gasteiger partial charge in [0.25, 0.3) is 0 Å². The standard InChI is InChI=1S/C21H23N5O2S/c1-24-11-12-25(13-16-5-3-4-6-18(16)24)19(27)14-26-20(22-23-21(26)29)15-7-9-17(28-2)10-8-15/h3-10H,11-14H2,1-2H3,(H,23,29). The number of benzene rings is 2. The van der Waals surface area contributed by atoms with E-state index in [0.29, 0.717) is 23.7 Å². The summed E-state index contributed by atoms with van der Waals surface area (Å²) in [6, 6.07) is 15.7. The van der Waals surface area contributed by atoms with E-state index in [-0.39, 0.29) is 12.5 Å². The first-order valence-electron chi connectivity index (χ1n) is 9.43. The number of hydrogen-bond acceptors (Lipinski definition) is 5. The molecule has 150 valence electrons. The van der Waals surface area contributed by atoms with E-state index in [1.807, 2.05) is 41.3 Å². The van der Waals surface area contributed by atoms with Gasteiger partial charge in [0.2, 0.25) is 5.91 Å². The highest BCUT2D eigenvalue weighted by molar-refractivity contribution is 7.71. The number of hydrogen-bond donors (Lipinski definition) is 1. The van der Waals surface area contributed by atoms with E-state index in [4.69, 9.17) is 17.0 Å². The third-order valence-corrected chi connectivity index (χ3v) is 5.53. The smallest absolute Gasteiger partial charge is 0.243 e. The Morgan fingerprint density at radius 1 is 1.17 bits per heavy atom. The van der Waals surface area contributed by atoms with Crippen LogP contribution in [0.5, 0.6) is 5.75 Å². The Balaban J connectivity index is 1.57. The summed E-state index contributed by atoms with van der Waals surface area (Å²) in [5, 5.41) is 7.15. The van der Waals surface area contributed by atoms with E-state index >= 15 is 0 Å². The number of rotatable bonds is 4. The number of fused-ring (bicyclic) bond motifs is 1. The van der Waals surface area contributed by atoms with Crippen LogP contribution in [0.1, 0.15) is 5.56 Å². The van der Waals surface area contributed by atoms with Crippen LogP contribution in [0.4, 0.5) is 5.69 Å². The number of H-pyrrole nitrogens is 1. The van der Waals surface area contributed by atoms with Gasteiger partial charge in [0.05, 0.1) is 7.11 Å². The highest BCUT2D eigenvalue weighted by atomic mass is 32.1. The Kier molecular flexibility index (Phi) is 5.35. The summed E-state index contributed by atoms with van der Waals surface area (Å²) in [6.45, 7) is 2.17. The first-order valence-corrected chi connectivity index (χ1v) is 9.84. The van der Waals surface area contributed by atoms with Crippen LogP contribution in [0.2, 0.25) is 0 Å². The van der Waals surface area contributed by atoms with E-state index in [9.17, 15) is 4.79 Å². The lowest BCUT2D eigenvalue weighted by atomic mass is 10.1. The fraction of sp³-hybridized carbons (Fsp3) is 0.286. The largest absolute Gasteiger partial charge is 0.497 e. The van der Waals surface area contributed by atoms with Gasteiger partial charge < -0.3 is 14.5 Å². The van der Waals surface area contributed by atoms with Crippen molar-refractivity contribution in [3.05, 3.63) is 58.9 Å². The molecular formula is C21H23N5O2S. The summed E-state index contributed by atoms with van der Waals surface area (Å²) < 4.78 is 7.39. The molecule has 29 heavy (non-hydrogen) atoms. The molecular weight excluding hydrogens is 386 g/mol. The number of likely N-dealkylation sites (N-methyl/N-ethyl adjacent to an activating group) is 1. The molecule has 7 nitrogen and oxygen atoms in total. The first-order chi connectivity index (χ1) is 14.1. The third kappa shape index (κ3) is 3.88. The van der Waals surface area contributed by atoms with Crippen molar-refractivity contribution in [2.24, 2.45) is 0 Å². The Hall–Kier alpha value is -3.13. The van der Waals surface area contributed by atoms with E-state index in [0.717, 1.165) is 23.4 Å². The van der Waals surface area contributed by atoms with Crippen molar-refractivity contribution in [3.8, 4) is 17.1 Å². The van der Waals surface area contributed by atoms with Crippen molar-refractivity contribution in [2.75, 3.05) is 32.1 Å². The zero-order valence-corrected chi connectivity index (χ0v) is 17.3. The molecule has 1 N–H and O–H groups in total. The molecule has 4 rings (SSSR count). The van der Waals surface area contributed by atoms with Gasteiger partial charge in [-0.1, -0.05) is 18.2 Å². The van der Waals surface area contributed by atoms with Gasteiger partial charge in [-0.25, -0.2) is 0 Å². The van der Waals surface area contributed by atoms with Gasteiger partial charge in [-0.05, 0) is 48.1 Å². The van der Waals surface area contributed by atoms with Crippen molar-refractivity contribution in [1.29, 1.82) is 0 Å². The van der Waals surface area contributed by atoms with Crippen LogP contribution in [-0.2, 0) is 17.9 Å². The molecule has 0 aliphatic carbocycles. The highest BCUT2D eigenvalue weighted by Crippen LogP contribution is 2.25. The van der Waals surface area contributed by atoms with Crippen LogP contribution in [0.25, 0.3) is 11.4 Å². The topological polar surface area (TPSA) is 66.4 Å². The van der Waals surface area contributed by atoms with Gasteiger partial charge in [0, 0.05) is 37.9 Å². The van der Waals surface area contributed by atoms with Gasteiger partial charge in [0.15, 0.2) is 10.6 Å². The number of amides is 1. The van der Waals surface area contributed by atoms with Crippen molar-refractivity contribution >= 4 is 23.8 Å². The molecule has 2 heterocycles. The van der Waals surface area contributed by atoms with Crippen molar-refractivity contribution < 1.29 is 9.53 Å². The molecule has 0 spiro atoms. The number of anilines is 1. The second-order valence-electron chi connectivity index (χ2n) is 7.03. The number of nitrogens with zero attached hydrogens (tertiary/aromatic N) is 4. The number of ether oxygens (including phenoxy) is 1. The Labute approximate surface area is 174 Å². The quantitative estimate of drug-likeness (QED) is 0.671. The van der Waals surface area contributed by atoms with Crippen LogP contribution in [-0.4, -0.2) is 52.8 Å².